The Bertz CT molecular complexity index is 989. The van der Waals surface area contributed by atoms with E-state index in [2.05, 4.69) is 17.1 Å². The number of amides is 3. The first kappa shape index (κ1) is 25.2. The van der Waals surface area contributed by atoms with Crippen LogP contribution in [0.4, 0.5) is 0 Å². The maximum atomic E-state index is 13.0. The normalized spacial score (nSPS) is 30.6. The van der Waals surface area contributed by atoms with E-state index in [0.29, 0.717) is 30.7 Å². The van der Waals surface area contributed by atoms with Crippen molar-refractivity contribution < 1.29 is 23.9 Å². The van der Waals surface area contributed by atoms with E-state index >= 15 is 0 Å². The highest BCUT2D eigenvalue weighted by Crippen LogP contribution is 2.34. The van der Waals surface area contributed by atoms with Crippen LogP contribution in [0, 0.1) is 5.92 Å². The molecule has 1 saturated heterocycles. The van der Waals surface area contributed by atoms with Gasteiger partial charge in [0.1, 0.15) is 17.9 Å². The van der Waals surface area contributed by atoms with Crippen molar-refractivity contribution in [3.63, 3.8) is 0 Å². The molecule has 0 radical (unpaired) electrons. The average Bonchev–Trinajstić information content (AvgIpc) is 3.47. The van der Waals surface area contributed by atoms with Crippen molar-refractivity contribution in [2.24, 2.45) is 5.92 Å². The molecule has 1 aromatic carbocycles. The second kappa shape index (κ2) is 10.9. The number of nitrogens with one attached hydrogen (secondary N) is 1. The first-order chi connectivity index (χ1) is 17.5. The van der Waals surface area contributed by atoms with Crippen LogP contribution in [-0.4, -0.2) is 72.0 Å². The number of benzene rings is 1. The lowest BCUT2D eigenvalue weighted by Crippen LogP contribution is -2.52. The molecule has 8 nitrogen and oxygen atoms in total. The van der Waals surface area contributed by atoms with Gasteiger partial charge in [0.05, 0.1) is 6.10 Å². The number of hydrogen-bond donors (Lipinski definition) is 1. The Hall–Kier alpha value is -2.45. The first-order valence-corrected chi connectivity index (χ1v) is 13.7. The molecule has 8 heteroatoms. The van der Waals surface area contributed by atoms with Gasteiger partial charge in [0.15, 0.2) is 0 Å². The number of methoxy groups -OCH3 is 1. The zero-order chi connectivity index (χ0) is 25.2. The van der Waals surface area contributed by atoms with Crippen molar-refractivity contribution in [3.8, 4) is 5.75 Å². The summed E-state index contributed by atoms with van der Waals surface area (Å²) in [4.78, 5) is 41.0. The van der Waals surface area contributed by atoms with Crippen molar-refractivity contribution in [2.45, 2.75) is 95.5 Å². The third-order valence-electron chi connectivity index (χ3n) is 8.70. The van der Waals surface area contributed by atoms with Crippen molar-refractivity contribution in [1.29, 1.82) is 0 Å². The van der Waals surface area contributed by atoms with E-state index in [0.717, 1.165) is 62.4 Å². The number of nitrogens with zero attached hydrogens (tertiary/aromatic N) is 2. The third-order valence-corrected chi connectivity index (χ3v) is 8.70. The summed E-state index contributed by atoms with van der Waals surface area (Å²) in [6, 6.07) is 5.50. The Labute approximate surface area is 213 Å². The number of hydrogen-bond acceptors (Lipinski definition) is 6. The van der Waals surface area contributed by atoms with Crippen LogP contribution in [0.2, 0.25) is 0 Å². The van der Waals surface area contributed by atoms with Crippen LogP contribution in [0.15, 0.2) is 18.2 Å². The van der Waals surface area contributed by atoms with Crippen LogP contribution in [0.25, 0.3) is 0 Å². The van der Waals surface area contributed by atoms with Gasteiger partial charge in [-0.05, 0) is 87.6 Å². The van der Waals surface area contributed by atoms with Crippen LogP contribution < -0.4 is 10.1 Å². The maximum Gasteiger partial charge on any atom is 0.255 e. The fourth-order valence-electron chi connectivity index (χ4n) is 6.64. The fraction of sp³-hybridized carbons (Fsp3) is 0.679. The van der Waals surface area contributed by atoms with E-state index in [9.17, 15) is 14.4 Å². The summed E-state index contributed by atoms with van der Waals surface area (Å²) in [5, 5.41) is 2.36. The lowest BCUT2D eigenvalue weighted by Gasteiger charge is -2.37. The number of carbonyl (C=O) groups excluding carboxylic acids is 3. The summed E-state index contributed by atoms with van der Waals surface area (Å²) in [5.74, 6) is 0.714. The van der Waals surface area contributed by atoms with E-state index in [1.807, 2.05) is 25.3 Å². The molecule has 4 aliphatic rings. The molecule has 0 bridgehead atoms. The Morgan fingerprint density at radius 2 is 1.86 bits per heavy atom. The van der Waals surface area contributed by atoms with Gasteiger partial charge in [0.2, 0.25) is 11.8 Å². The molecule has 1 N–H and O–H groups in total. The van der Waals surface area contributed by atoms with Crippen molar-refractivity contribution in [3.05, 3.63) is 29.3 Å². The zero-order valence-corrected chi connectivity index (χ0v) is 21.5. The number of piperidine rings is 1. The fourth-order valence-corrected chi connectivity index (χ4v) is 6.64. The molecule has 196 valence electrons. The largest absolute Gasteiger partial charge is 0.489 e. The Morgan fingerprint density at radius 1 is 1.06 bits per heavy atom. The number of carbonyl (C=O) groups is 3. The van der Waals surface area contributed by atoms with Gasteiger partial charge in [-0.15, -0.1) is 0 Å². The molecule has 5 rings (SSSR count). The molecule has 0 aromatic heterocycles. The van der Waals surface area contributed by atoms with E-state index in [4.69, 9.17) is 9.47 Å². The summed E-state index contributed by atoms with van der Waals surface area (Å²) in [7, 11) is 1.82. The second-order valence-corrected chi connectivity index (χ2v) is 10.8. The topological polar surface area (TPSA) is 88.2 Å². The molecule has 0 spiro atoms. The quantitative estimate of drug-likeness (QED) is 0.555. The molecule has 1 aromatic rings. The number of imide groups is 1. The van der Waals surface area contributed by atoms with E-state index < -0.39 is 6.04 Å². The van der Waals surface area contributed by atoms with E-state index in [1.54, 1.807) is 4.90 Å². The summed E-state index contributed by atoms with van der Waals surface area (Å²) in [6.45, 7) is 4.77. The highest BCUT2D eigenvalue weighted by atomic mass is 16.5. The molecular weight excluding hydrogens is 458 g/mol. The van der Waals surface area contributed by atoms with Crippen molar-refractivity contribution >= 4 is 17.7 Å². The molecule has 2 heterocycles. The number of fused-ring (bicyclic) bond motifs is 1. The third kappa shape index (κ3) is 5.16. The molecular formula is C28H39N3O5. The highest BCUT2D eigenvalue weighted by Gasteiger charge is 2.40. The van der Waals surface area contributed by atoms with Crippen LogP contribution >= 0.6 is 0 Å². The maximum absolute atomic E-state index is 13.0. The smallest absolute Gasteiger partial charge is 0.255 e. The Kier molecular flexibility index (Phi) is 7.62. The predicted octanol–water partition coefficient (Wildman–Crippen LogP) is 3.27. The molecule has 36 heavy (non-hydrogen) atoms. The van der Waals surface area contributed by atoms with Gasteiger partial charge in [-0.1, -0.05) is 6.92 Å². The van der Waals surface area contributed by atoms with E-state index in [-0.39, 0.29) is 30.2 Å². The summed E-state index contributed by atoms with van der Waals surface area (Å²) in [5.41, 5.74) is 1.51. The zero-order valence-electron chi connectivity index (χ0n) is 21.5. The predicted molar refractivity (Wildman–Crippen MR) is 135 cm³/mol. The lowest BCUT2D eigenvalue weighted by molar-refractivity contribution is -0.136. The summed E-state index contributed by atoms with van der Waals surface area (Å²) < 4.78 is 12.1. The van der Waals surface area contributed by atoms with Gasteiger partial charge in [0, 0.05) is 38.2 Å². The molecule has 1 unspecified atom stereocenters. The van der Waals surface area contributed by atoms with Gasteiger partial charge < -0.3 is 14.4 Å². The van der Waals surface area contributed by atoms with Gasteiger partial charge in [-0.25, -0.2) is 0 Å². The van der Waals surface area contributed by atoms with Gasteiger partial charge in [-0.2, -0.15) is 0 Å². The van der Waals surface area contributed by atoms with Gasteiger partial charge in [0.25, 0.3) is 5.91 Å². The van der Waals surface area contributed by atoms with Crippen LogP contribution in [0.5, 0.6) is 5.75 Å². The molecule has 3 atom stereocenters. The average molecular weight is 498 g/mol. The van der Waals surface area contributed by atoms with Crippen molar-refractivity contribution in [2.75, 3.05) is 20.2 Å². The Balaban J connectivity index is 1.22. The second-order valence-electron chi connectivity index (χ2n) is 10.8. The summed E-state index contributed by atoms with van der Waals surface area (Å²) in [6.07, 6.45) is 9.33. The molecule has 3 fully saturated rings. The number of likely N-dealkylation sites (N-methyl/N-ethyl adjacent to an activating group) is 1. The monoisotopic (exact) mass is 497 g/mol. The minimum Gasteiger partial charge on any atom is -0.489 e. The summed E-state index contributed by atoms with van der Waals surface area (Å²) >= 11 is 0. The molecule has 3 amide bonds. The van der Waals surface area contributed by atoms with Crippen molar-refractivity contribution in [1.82, 2.24) is 15.1 Å². The molecule has 2 saturated carbocycles. The number of ether oxygens (including phenoxy) is 2. The first-order valence-electron chi connectivity index (χ1n) is 13.7. The van der Waals surface area contributed by atoms with Gasteiger partial charge in [-0.3, -0.25) is 24.6 Å². The lowest BCUT2D eigenvalue weighted by atomic mass is 9.86. The minimum absolute atomic E-state index is 0.140. The minimum atomic E-state index is -0.594. The van der Waals surface area contributed by atoms with Crippen LogP contribution in [-0.2, 0) is 20.9 Å². The Morgan fingerprint density at radius 3 is 2.58 bits per heavy atom. The highest BCUT2D eigenvalue weighted by molar-refractivity contribution is 6.05. The SMILES string of the molecule is CCN(CC1CCC(OC)CC1)[C@H]1CCC[C@@H]1Oc1ccc2c(c1)CN(C1CCC(=O)NC1=O)C2=O. The van der Waals surface area contributed by atoms with Gasteiger partial charge >= 0.3 is 0 Å². The molecule has 2 aliphatic heterocycles. The number of rotatable bonds is 8. The van der Waals surface area contributed by atoms with Crippen LogP contribution in [0.3, 0.4) is 0 Å². The van der Waals surface area contributed by atoms with E-state index in [1.165, 1.54) is 12.8 Å². The molecule has 2 aliphatic carbocycles. The van der Waals surface area contributed by atoms with Crippen LogP contribution in [0.1, 0.15) is 80.6 Å². The standard InChI is InChI=1S/C28H39N3O5/c1-3-30(16-18-7-9-20(35-2)10-8-18)23-5-4-6-25(23)36-21-11-12-22-19(15-21)17-31(28(22)34)24-13-14-26(32)29-27(24)33/h11-12,15,18,20,23-25H,3-10,13-14,16-17H2,1-2H3,(H,29,32,33)/t18?,20?,23-,24?,25-/m0/s1.